The zero-order valence-corrected chi connectivity index (χ0v) is 10.7. The fourth-order valence-electron chi connectivity index (χ4n) is 2.01. The first kappa shape index (κ1) is 12.2. The third-order valence-electron chi connectivity index (χ3n) is 3.43. The average Bonchev–Trinajstić information content (AvgIpc) is 3.21. The van der Waals surface area contributed by atoms with Crippen LogP contribution in [-0.4, -0.2) is 12.8 Å². The van der Waals surface area contributed by atoms with Gasteiger partial charge in [-0.15, -0.1) is 0 Å². The van der Waals surface area contributed by atoms with Crippen LogP contribution in [0, 0.1) is 12.7 Å². The molecule has 1 aliphatic carbocycles. The van der Waals surface area contributed by atoms with Gasteiger partial charge in [0.05, 0.1) is 6.20 Å². The van der Waals surface area contributed by atoms with Gasteiger partial charge in [-0.3, -0.25) is 4.98 Å². The minimum Gasteiger partial charge on any atom is -0.452 e. The van der Waals surface area contributed by atoms with Crippen LogP contribution in [0.5, 0.6) is 11.5 Å². The van der Waals surface area contributed by atoms with E-state index in [0.717, 1.165) is 24.0 Å². The average molecular weight is 253 g/mol. The van der Waals surface area contributed by atoms with Crippen LogP contribution in [0.2, 0.25) is 0 Å². The first-order chi connectivity index (χ1) is 9.15. The molecule has 2 radical (unpaired) electrons. The molecule has 1 heterocycles. The normalized spacial score (nSPS) is 14.4. The fraction of sp³-hybridized carbons (Fsp3) is 0.267. The van der Waals surface area contributed by atoms with Gasteiger partial charge in [0.15, 0.2) is 11.6 Å². The number of rotatable bonds is 3. The maximum absolute atomic E-state index is 14.0. The predicted molar refractivity (Wildman–Crippen MR) is 72.8 cm³/mol. The van der Waals surface area contributed by atoms with Gasteiger partial charge >= 0.3 is 0 Å². The van der Waals surface area contributed by atoms with Crippen LogP contribution in [0.1, 0.15) is 29.9 Å². The Bertz CT molecular complexity index is 626. The molecule has 19 heavy (non-hydrogen) atoms. The Morgan fingerprint density at radius 2 is 2.05 bits per heavy atom. The van der Waals surface area contributed by atoms with E-state index in [1.54, 1.807) is 24.5 Å². The van der Waals surface area contributed by atoms with E-state index in [1.165, 1.54) is 0 Å². The molecular weight excluding hydrogens is 240 g/mol. The summed E-state index contributed by atoms with van der Waals surface area (Å²) in [4.78, 5) is 3.95. The number of ether oxygens (including phenoxy) is 1. The molecule has 0 unspecified atom stereocenters. The molecule has 1 saturated carbocycles. The second-order valence-corrected chi connectivity index (χ2v) is 4.92. The van der Waals surface area contributed by atoms with Gasteiger partial charge in [-0.05, 0) is 48.9 Å². The van der Waals surface area contributed by atoms with Crippen molar-refractivity contribution in [3.05, 3.63) is 47.5 Å². The molecule has 0 amide bonds. The molecule has 0 spiro atoms. The summed E-state index contributed by atoms with van der Waals surface area (Å²) in [5.41, 5.74) is 2.35. The van der Waals surface area contributed by atoms with Crippen LogP contribution < -0.4 is 10.2 Å². The van der Waals surface area contributed by atoms with Gasteiger partial charge < -0.3 is 4.74 Å². The number of hydrogen-bond donors (Lipinski definition) is 0. The standard InChI is InChI=1S/C15H13BFNO/c1-9-12(16)7-18-8-15(9)19-14-5-4-11(6-13(14)17)10-2-3-10/h4-8,10H,2-3H2,1H3. The van der Waals surface area contributed by atoms with Gasteiger partial charge in [-0.25, -0.2) is 4.39 Å². The lowest BCUT2D eigenvalue weighted by Gasteiger charge is -2.11. The smallest absolute Gasteiger partial charge is 0.166 e. The molecule has 2 aromatic rings. The summed E-state index contributed by atoms with van der Waals surface area (Å²) in [7, 11) is 5.75. The second-order valence-electron chi connectivity index (χ2n) is 4.92. The van der Waals surface area contributed by atoms with Crippen molar-refractivity contribution in [1.82, 2.24) is 4.98 Å². The van der Waals surface area contributed by atoms with E-state index in [0.29, 0.717) is 17.1 Å². The number of nitrogens with zero attached hydrogens (tertiary/aromatic N) is 1. The summed E-state index contributed by atoms with van der Waals surface area (Å²) < 4.78 is 19.5. The number of pyridine rings is 1. The van der Waals surface area contributed by atoms with Crippen LogP contribution in [0.3, 0.4) is 0 Å². The van der Waals surface area contributed by atoms with Gasteiger partial charge in [0, 0.05) is 6.20 Å². The van der Waals surface area contributed by atoms with Crippen molar-refractivity contribution in [2.45, 2.75) is 25.7 Å². The Morgan fingerprint density at radius 3 is 2.74 bits per heavy atom. The molecule has 0 bridgehead atoms. The molecule has 1 aromatic carbocycles. The topological polar surface area (TPSA) is 22.1 Å². The first-order valence-corrected chi connectivity index (χ1v) is 6.32. The summed E-state index contributed by atoms with van der Waals surface area (Å²) in [6.45, 7) is 1.82. The lowest BCUT2D eigenvalue weighted by molar-refractivity contribution is 0.438. The minimum absolute atomic E-state index is 0.208. The van der Waals surface area contributed by atoms with Crippen molar-refractivity contribution in [3.8, 4) is 11.5 Å². The van der Waals surface area contributed by atoms with Crippen molar-refractivity contribution >= 4 is 13.3 Å². The third kappa shape index (κ3) is 2.48. The zero-order chi connectivity index (χ0) is 13.4. The van der Waals surface area contributed by atoms with Gasteiger partial charge in [-0.1, -0.05) is 11.5 Å². The van der Waals surface area contributed by atoms with E-state index in [-0.39, 0.29) is 11.6 Å². The van der Waals surface area contributed by atoms with Crippen molar-refractivity contribution in [2.75, 3.05) is 0 Å². The largest absolute Gasteiger partial charge is 0.452 e. The number of hydrogen-bond acceptors (Lipinski definition) is 2. The maximum atomic E-state index is 14.0. The maximum Gasteiger partial charge on any atom is 0.166 e. The number of halogens is 1. The minimum atomic E-state index is -0.341. The van der Waals surface area contributed by atoms with Crippen LogP contribution in [-0.2, 0) is 0 Å². The van der Waals surface area contributed by atoms with E-state index in [2.05, 4.69) is 4.98 Å². The lowest BCUT2D eigenvalue weighted by Crippen LogP contribution is -2.09. The molecular formula is C15H13BFNO. The Hall–Kier alpha value is -1.84. The van der Waals surface area contributed by atoms with Gasteiger partial charge in [-0.2, -0.15) is 0 Å². The molecule has 1 aliphatic rings. The zero-order valence-electron chi connectivity index (χ0n) is 10.7. The molecule has 0 saturated heterocycles. The SMILES string of the molecule is [B]c1cncc(Oc2ccc(C3CC3)cc2F)c1C. The van der Waals surface area contributed by atoms with Crippen LogP contribution in [0.4, 0.5) is 4.39 Å². The summed E-state index contributed by atoms with van der Waals surface area (Å²) >= 11 is 0. The van der Waals surface area contributed by atoms with Gasteiger partial charge in [0.25, 0.3) is 0 Å². The second kappa shape index (κ2) is 4.69. The molecule has 4 heteroatoms. The molecule has 0 aliphatic heterocycles. The van der Waals surface area contributed by atoms with E-state index in [1.807, 2.05) is 13.0 Å². The summed E-state index contributed by atoms with van der Waals surface area (Å²) in [5, 5.41) is 0. The van der Waals surface area contributed by atoms with Crippen molar-refractivity contribution in [2.24, 2.45) is 0 Å². The molecule has 2 nitrogen and oxygen atoms in total. The molecule has 0 N–H and O–H groups in total. The summed E-state index contributed by atoms with van der Waals surface area (Å²) in [6, 6.07) is 5.15. The van der Waals surface area contributed by atoms with Crippen molar-refractivity contribution < 1.29 is 9.13 Å². The molecule has 0 atom stereocenters. The quantitative estimate of drug-likeness (QED) is 0.784. The van der Waals surface area contributed by atoms with E-state index in [9.17, 15) is 4.39 Å². The first-order valence-electron chi connectivity index (χ1n) is 6.32. The third-order valence-corrected chi connectivity index (χ3v) is 3.43. The number of benzene rings is 1. The Kier molecular flexibility index (Phi) is 3.01. The Morgan fingerprint density at radius 1 is 1.26 bits per heavy atom. The van der Waals surface area contributed by atoms with Gasteiger partial charge in [0.2, 0.25) is 0 Å². The van der Waals surface area contributed by atoms with Crippen molar-refractivity contribution in [1.29, 1.82) is 0 Å². The summed E-state index contributed by atoms with van der Waals surface area (Å²) in [5.74, 6) is 0.878. The predicted octanol–water partition coefficient (Wildman–Crippen LogP) is 2.99. The Balaban J connectivity index is 1.88. The van der Waals surface area contributed by atoms with Crippen LogP contribution >= 0.6 is 0 Å². The highest BCUT2D eigenvalue weighted by Gasteiger charge is 2.24. The van der Waals surface area contributed by atoms with E-state index < -0.39 is 0 Å². The van der Waals surface area contributed by atoms with Crippen LogP contribution in [0.25, 0.3) is 0 Å². The highest BCUT2D eigenvalue weighted by Crippen LogP contribution is 2.41. The molecule has 1 aromatic heterocycles. The fourth-order valence-corrected chi connectivity index (χ4v) is 2.01. The van der Waals surface area contributed by atoms with Crippen molar-refractivity contribution in [3.63, 3.8) is 0 Å². The molecule has 3 rings (SSSR count). The van der Waals surface area contributed by atoms with E-state index >= 15 is 0 Å². The number of aromatic nitrogens is 1. The Labute approximate surface area is 113 Å². The molecule has 94 valence electrons. The molecule has 1 fully saturated rings. The van der Waals surface area contributed by atoms with Crippen LogP contribution in [0.15, 0.2) is 30.6 Å². The van der Waals surface area contributed by atoms with Gasteiger partial charge in [0.1, 0.15) is 13.6 Å². The highest BCUT2D eigenvalue weighted by atomic mass is 19.1. The van der Waals surface area contributed by atoms with E-state index in [4.69, 9.17) is 12.6 Å². The summed E-state index contributed by atoms with van der Waals surface area (Å²) in [6.07, 6.45) is 5.39. The highest BCUT2D eigenvalue weighted by molar-refractivity contribution is 6.33. The lowest BCUT2D eigenvalue weighted by atomic mass is 9.93. The monoisotopic (exact) mass is 253 g/mol.